The Morgan fingerprint density at radius 2 is 2.00 bits per heavy atom. The zero-order valence-corrected chi connectivity index (χ0v) is 14.2. The average molecular weight is 346 g/mol. The van der Waals surface area contributed by atoms with Crippen molar-refractivity contribution in [2.24, 2.45) is 0 Å². The van der Waals surface area contributed by atoms with Crippen LogP contribution in [-0.4, -0.2) is 9.38 Å². The van der Waals surface area contributed by atoms with Crippen LogP contribution in [0.15, 0.2) is 27.1 Å². The number of aryl methyl sites for hydroxylation is 2. The van der Waals surface area contributed by atoms with Crippen LogP contribution in [-0.2, 0) is 0 Å². The number of thiazole rings is 1. The van der Waals surface area contributed by atoms with Crippen LogP contribution in [0, 0.1) is 13.8 Å². The van der Waals surface area contributed by atoms with Crippen molar-refractivity contribution in [3.05, 3.63) is 58.1 Å². The summed E-state index contributed by atoms with van der Waals surface area (Å²) in [4.78, 5) is 33.0. The van der Waals surface area contributed by atoms with Gasteiger partial charge in [0.15, 0.2) is 0 Å². The lowest BCUT2D eigenvalue weighted by molar-refractivity contribution is 1.05. The van der Waals surface area contributed by atoms with Crippen molar-refractivity contribution in [1.82, 2.24) is 9.38 Å². The standard InChI is InChI=1S/C15H10N2O2S3/c1-7-8(2)21-12-11(7)14(19)17-13(18)10(22-15(17)16-12)6-9-4-3-5-20-9/h3-6H,1-2H3/b10-6+. The molecular formula is C15H10N2O2S3. The fourth-order valence-electron chi connectivity index (χ4n) is 2.37. The van der Waals surface area contributed by atoms with Gasteiger partial charge in [-0.25, -0.2) is 9.38 Å². The number of aromatic nitrogens is 2. The van der Waals surface area contributed by atoms with Gasteiger partial charge >= 0.3 is 0 Å². The quantitative estimate of drug-likeness (QED) is 0.532. The molecule has 0 saturated heterocycles. The Labute approximate surface area is 136 Å². The van der Waals surface area contributed by atoms with E-state index in [1.165, 1.54) is 27.1 Å². The molecule has 4 rings (SSSR count). The van der Waals surface area contributed by atoms with E-state index in [1.54, 1.807) is 11.3 Å². The summed E-state index contributed by atoms with van der Waals surface area (Å²) in [6.07, 6.45) is 1.82. The van der Waals surface area contributed by atoms with Gasteiger partial charge in [-0.05, 0) is 36.9 Å². The van der Waals surface area contributed by atoms with Gasteiger partial charge in [0.25, 0.3) is 11.1 Å². The molecule has 0 amide bonds. The lowest BCUT2D eigenvalue weighted by atomic mass is 10.2. The molecule has 0 unspecified atom stereocenters. The van der Waals surface area contributed by atoms with Gasteiger partial charge in [-0.2, -0.15) is 0 Å². The minimum absolute atomic E-state index is 0.256. The fourth-order valence-corrected chi connectivity index (χ4v) is 5.13. The number of fused-ring (bicyclic) bond motifs is 2. The molecule has 0 aromatic carbocycles. The molecule has 4 aromatic heterocycles. The zero-order valence-electron chi connectivity index (χ0n) is 11.7. The summed E-state index contributed by atoms with van der Waals surface area (Å²) in [5, 5.41) is 2.52. The second-order valence-electron chi connectivity index (χ2n) is 4.93. The summed E-state index contributed by atoms with van der Waals surface area (Å²) in [7, 11) is 0. The van der Waals surface area contributed by atoms with E-state index in [1.807, 2.05) is 37.4 Å². The molecule has 0 fully saturated rings. The molecule has 4 nitrogen and oxygen atoms in total. The highest BCUT2D eigenvalue weighted by Gasteiger charge is 2.16. The van der Waals surface area contributed by atoms with Crippen LogP contribution in [0.4, 0.5) is 0 Å². The monoisotopic (exact) mass is 346 g/mol. The molecule has 0 aliphatic carbocycles. The molecule has 0 bridgehead atoms. The minimum Gasteiger partial charge on any atom is -0.268 e. The molecule has 0 radical (unpaired) electrons. The van der Waals surface area contributed by atoms with Gasteiger partial charge in [-0.15, -0.1) is 22.7 Å². The van der Waals surface area contributed by atoms with Crippen LogP contribution in [0.1, 0.15) is 15.3 Å². The number of rotatable bonds is 1. The summed E-state index contributed by atoms with van der Waals surface area (Å²) >= 11 is 4.32. The van der Waals surface area contributed by atoms with E-state index in [0.717, 1.165) is 15.3 Å². The molecule has 0 aliphatic rings. The van der Waals surface area contributed by atoms with Crippen molar-refractivity contribution in [3.63, 3.8) is 0 Å². The molecule has 0 N–H and O–H groups in total. The molecule has 7 heteroatoms. The van der Waals surface area contributed by atoms with Crippen LogP contribution in [0.25, 0.3) is 21.3 Å². The molecule has 0 aliphatic heterocycles. The number of hydrogen-bond acceptors (Lipinski definition) is 6. The summed E-state index contributed by atoms with van der Waals surface area (Å²) in [6.45, 7) is 3.87. The van der Waals surface area contributed by atoms with Gasteiger partial charge in [-0.1, -0.05) is 17.4 Å². The van der Waals surface area contributed by atoms with Crippen LogP contribution < -0.4 is 15.7 Å². The van der Waals surface area contributed by atoms with E-state index in [9.17, 15) is 9.59 Å². The smallest absolute Gasteiger partial charge is 0.268 e. The first-order chi connectivity index (χ1) is 10.6. The normalized spacial score (nSPS) is 12.7. The summed E-state index contributed by atoms with van der Waals surface area (Å²) in [6, 6.07) is 3.87. The van der Waals surface area contributed by atoms with Gasteiger partial charge in [0, 0.05) is 9.75 Å². The predicted molar refractivity (Wildman–Crippen MR) is 93.6 cm³/mol. The van der Waals surface area contributed by atoms with Gasteiger partial charge in [0.05, 0.1) is 9.92 Å². The number of thiophene rings is 2. The third-order valence-electron chi connectivity index (χ3n) is 3.60. The van der Waals surface area contributed by atoms with E-state index < -0.39 is 0 Å². The van der Waals surface area contributed by atoms with E-state index in [0.29, 0.717) is 19.7 Å². The first-order valence-corrected chi connectivity index (χ1v) is 9.08. The molecule has 22 heavy (non-hydrogen) atoms. The highest BCUT2D eigenvalue weighted by atomic mass is 32.1. The van der Waals surface area contributed by atoms with Gasteiger partial charge < -0.3 is 0 Å². The summed E-state index contributed by atoms with van der Waals surface area (Å²) < 4.78 is 1.74. The Bertz CT molecular complexity index is 1180. The van der Waals surface area contributed by atoms with Gasteiger partial charge in [-0.3, -0.25) is 9.59 Å². The predicted octanol–water partition coefficient (Wildman–Crippen LogP) is 2.56. The average Bonchev–Trinajstić information content (AvgIpc) is 3.14. The maximum atomic E-state index is 12.7. The van der Waals surface area contributed by atoms with E-state index in [2.05, 4.69) is 4.98 Å². The summed E-state index contributed by atoms with van der Waals surface area (Å²) in [5.41, 5.74) is 0.381. The largest absolute Gasteiger partial charge is 0.277 e. The number of hydrogen-bond donors (Lipinski definition) is 0. The Balaban J connectivity index is 2.16. The van der Waals surface area contributed by atoms with Crippen molar-refractivity contribution in [3.8, 4) is 0 Å². The van der Waals surface area contributed by atoms with E-state index >= 15 is 0 Å². The van der Waals surface area contributed by atoms with Crippen LogP contribution in [0.2, 0.25) is 0 Å². The summed E-state index contributed by atoms with van der Waals surface area (Å²) in [5.74, 6) is 0. The Morgan fingerprint density at radius 1 is 1.18 bits per heavy atom. The van der Waals surface area contributed by atoms with Crippen LogP contribution >= 0.6 is 34.0 Å². The molecule has 0 spiro atoms. The van der Waals surface area contributed by atoms with Crippen molar-refractivity contribution >= 4 is 55.3 Å². The van der Waals surface area contributed by atoms with E-state index in [-0.39, 0.29) is 11.1 Å². The molecular weight excluding hydrogens is 336 g/mol. The van der Waals surface area contributed by atoms with Crippen molar-refractivity contribution in [2.75, 3.05) is 0 Å². The fraction of sp³-hybridized carbons (Fsp3) is 0.133. The highest BCUT2D eigenvalue weighted by Crippen LogP contribution is 2.26. The molecule has 4 heterocycles. The van der Waals surface area contributed by atoms with Gasteiger partial charge in [0.2, 0.25) is 4.96 Å². The molecule has 0 saturated carbocycles. The van der Waals surface area contributed by atoms with Crippen molar-refractivity contribution in [1.29, 1.82) is 0 Å². The maximum absolute atomic E-state index is 12.7. The highest BCUT2D eigenvalue weighted by molar-refractivity contribution is 7.19. The Kier molecular flexibility index (Phi) is 3.04. The third kappa shape index (κ3) is 1.89. The first kappa shape index (κ1) is 13.8. The lowest BCUT2D eigenvalue weighted by Gasteiger charge is -1.92. The second kappa shape index (κ2) is 4.84. The second-order valence-corrected chi connectivity index (χ2v) is 8.12. The van der Waals surface area contributed by atoms with E-state index in [4.69, 9.17) is 0 Å². The molecule has 110 valence electrons. The molecule has 0 atom stereocenters. The molecule has 4 aromatic rings. The SMILES string of the molecule is Cc1sc2nc3s/c(=C/c4cccs4)c(=O)n3c(=O)c2c1C. The van der Waals surface area contributed by atoms with Crippen molar-refractivity contribution in [2.45, 2.75) is 13.8 Å². The minimum atomic E-state index is -0.281. The van der Waals surface area contributed by atoms with Gasteiger partial charge in [0.1, 0.15) is 4.83 Å². The zero-order chi connectivity index (χ0) is 15.4. The maximum Gasteiger partial charge on any atom is 0.277 e. The van der Waals surface area contributed by atoms with Crippen LogP contribution in [0.5, 0.6) is 0 Å². The Hall–Kier alpha value is -1.83. The van der Waals surface area contributed by atoms with Crippen molar-refractivity contribution < 1.29 is 0 Å². The third-order valence-corrected chi connectivity index (χ3v) is 6.49. The Morgan fingerprint density at radius 3 is 2.73 bits per heavy atom. The number of nitrogens with zero attached hydrogens (tertiary/aromatic N) is 2. The first-order valence-electron chi connectivity index (χ1n) is 6.57. The van der Waals surface area contributed by atoms with Crippen LogP contribution in [0.3, 0.4) is 0 Å². The topological polar surface area (TPSA) is 51.4 Å². The lowest BCUT2D eigenvalue weighted by Crippen LogP contribution is -2.30.